The number of nitrogens with zero attached hydrogens (tertiary/aromatic N) is 1. The number of rotatable bonds is 5. The molecule has 3 unspecified atom stereocenters. The highest BCUT2D eigenvalue weighted by Crippen LogP contribution is 2.53. The van der Waals surface area contributed by atoms with E-state index in [1.807, 2.05) is 0 Å². The van der Waals surface area contributed by atoms with Crippen LogP contribution < -0.4 is 5.32 Å². The average molecular weight is 294 g/mol. The van der Waals surface area contributed by atoms with E-state index in [0.29, 0.717) is 17.6 Å². The molecule has 122 valence electrons. The third-order valence-electron chi connectivity index (χ3n) is 6.33. The van der Waals surface area contributed by atoms with E-state index < -0.39 is 0 Å². The van der Waals surface area contributed by atoms with Gasteiger partial charge in [0.05, 0.1) is 6.10 Å². The summed E-state index contributed by atoms with van der Waals surface area (Å²) in [6, 6.07) is 1.43. The Hall–Kier alpha value is -0.120. The lowest BCUT2D eigenvalue weighted by Crippen LogP contribution is -2.67. The molecule has 0 aromatic heterocycles. The summed E-state index contributed by atoms with van der Waals surface area (Å²) in [4.78, 5) is 2.60. The van der Waals surface area contributed by atoms with Crippen LogP contribution in [0.2, 0.25) is 0 Å². The van der Waals surface area contributed by atoms with Crippen LogP contribution in [0.5, 0.6) is 0 Å². The van der Waals surface area contributed by atoms with Gasteiger partial charge in [0.1, 0.15) is 0 Å². The van der Waals surface area contributed by atoms with Crippen molar-refractivity contribution in [2.45, 2.75) is 83.4 Å². The molecule has 0 bridgehead atoms. The molecule has 0 amide bonds. The van der Waals surface area contributed by atoms with Gasteiger partial charge in [-0.3, -0.25) is 0 Å². The van der Waals surface area contributed by atoms with Gasteiger partial charge < -0.3 is 15.0 Å². The first-order chi connectivity index (χ1) is 10.3. The Morgan fingerprint density at radius 3 is 2.67 bits per heavy atom. The summed E-state index contributed by atoms with van der Waals surface area (Å²) in [5.41, 5.74) is 0.475. The summed E-state index contributed by atoms with van der Waals surface area (Å²) in [5.74, 6) is 0. The van der Waals surface area contributed by atoms with Crippen LogP contribution in [0, 0.1) is 5.41 Å². The van der Waals surface area contributed by atoms with E-state index in [1.54, 1.807) is 0 Å². The lowest BCUT2D eigenvalue weighted by Gasteiger charge is -2.59. The van der Waals surface area contributed by atoms with Crippen molar-refractivity contribution >= 4 is 0 Å². The molecule has 1 spiro atoms. The molecular formula is C18H34N2O. The maximum Gasteiger partial charge on any atom is 0.0661 e. The Kier molecular flexibility index (Phi) is 5.23. The van der Waals surface area contributed by atoms with Crippen LogP contribution in [0.1, 0.15) is 65.2 Å². The summed E-state index contributed by atoms with van der Waals surface area (Å²) >= 11 is 0. The fraction of sp³-hybridized carbons (Fsp3) is 1.00. The maximum atomic E-state index is 6.08. The van der Waals surface area contributed by atoms with Crippen molar-refractivity contribution in [3.05, 3.63) is 0 Å². The predicted molar refractivity (Wildman–Crippen MR) is 87.6 cm³/mol. The van der Waals surface area contributed by atoms with E-state index in [4.69, 9.17) is 4.74 Å². The molecule has 1 N–H and O–H groups in total. The Morgan fingerprint density at radius 2 is 1.95 bits per heavy atom. The first-order valence-corrected chi connectivity index (χ1v) is 9.38. The van der Waals surface area contributed by atoms with E-state index in [1.165, 1.54) is 71.0 Å². The van der Waals surface area contributed by atoms with Crippen LogP contribution >= 0.6 is 0 Å². The van der Waals surface area contributed by atoms with Crippen molar-refractivity contribution in [2.24, 2.45) is 5.41 Å². The molecular weight excluding hydrogens is 260 g/mol. The van der Waals surface area contributed by atoms with Gasteiger partial charge in [0.25, 0.3) is 0 Å². The smallest absolute Gasteiger partial charge is 0.0661 e. The second-order valence-electron chi connectivity index (χ2n) is 7.43. The van der Waals surface area contributed by atoms with Crippen molar-refractivity contribution < 1.29 is 4.74 Å². The molecule has 1 heterocycles. The zero-order valence-corrected chi connectivity index (χ0v) is 14.1. The van der Waals surface area contributed by atoms with Crippen LogP contribution in [0.3, 0.4) is 0 Å². The number of hydrogen-bond acceptors (Lipinski definition) is 3. The molecule has 2 aliphatic carbocycles. The third-order valence-corrected chi connectivity index (χ3v) is 6.33. The molecule has 1 aliphatic heterocycles. The van der Waals surface area contributed by atoms with Gasteiger partial charge in [0.2, 0.25) is 0 Å². The highest BCUT2D eigenvalue weighted by molar-refractivity contribution is 5.09. The van der Waals surface area contributed by atoms with Gasteiger partial charge in [0, 0.05) is 30.7 Å². The van der Waals surface area contributed by atoms with Crippen LogP contribution in [0.15, 0.2) is 0 Å². The molecule has 2 saturated carbocycles. The van der Waals surface area contributed by atoms with E-state index >= 15 is 0 Å². The Bertz CT molecular complexity index is 327. The highest BCUT2D eigenvalue weighted by Gasteiger charge is 2.55. The van der Waals surface area contributed by atoms with Crippen LogP contribution in [0.4, 0.5) is 0 Å². The fourth-order valence-corrected chi connectivity index (χ4v) is 5.06. The van der Waals surface area contributed by atoms with Gasteiger partial charge in [-0.2, -0.15) is 0 Å². The number of nitrogens with one attached hydrogen (secondary N) is 1. The molecule has 3 rings (SSSR count). The average Bonchev–Trinajstić information content (AvgIpc) is 2.55. The van der Waals surface area contributed by atoms with Crippen LogP contribution in [-0.4, -0.2) is 49.3 Å². The number of ether oxygens (including phenoxy) is 1. The lowest BCUT2D eigenvalue weighted by molar-refractivity contribution is -0.153. The second kappa shape index (κ2) is 6.97. The predicted octanol–water partition coefficient (Wildman–Crippen LogP) is 3.19. The summed E-state index contributed by atoms with van der Waals surface area (Å²) in [7, 11) is 0. The van der Waals surface area contributed by atoms with Gasteiger partial charge in [-0.05, 0) is 52.1 Å². The zero-order chi connectivity index (χ0) is 14.7. The summed E-state index contributed by atoms with van der Waals surface area (Å²) in [6.45, 7) is 9.08. The quantitative estimate of drug-likeness (QED) is 0.843. The van der Waals surface area contributed by atoms with Crippen molar-refractivity contribution in [1.29, 1.82) is 0 Å². The van der Waals surface area contributed by atoms with Gasteiger partial charge in [-0.25, -0.2) is 0 Å². The van der Waals surface area contributed by atoms with E-state index in [9.17, 15) is 0 Å². The van der Waals surface area contributed by atoms with Crippen molar-refractivity contribution in [2.75, 3.05) is 26.2 Å². The molecule has 3 fully saturated rings. The summed E-state index contributed by atoms with van der Waals surface area (Å²) < 4.78 is 6.08. The molecule has 0 radical (unpaired) electrons. The van der Waals surface area contributed by atoms with E-state index in [0.717, 1.165) is 12.6 Å². The maximum absolute atomic E-state index is 6.08. The summed E-state index contributed by atoms with van der Waals surface area (Å²) in [5, 5.41) is 4.05. The Labute approximate surface area is 130 Å². The van der Waals surface area contributed by atoms with Gasteiger partial charge in [-0.1, -0.05) is 26.2 Å². The Balaban J connectivity index is 1.59. The SMILES string of the molecule is CCOC1CC(NC2CCCN(CC)C2)C12CCCCC2. The molecule has 0 aromatic rings. The first kappa shape index (κ1) is 15.8. The monoisotopic (exact) mass is 294 g/mol. The number of likely N-dealkylation sites (tertiary alicyclic amines) is 1. The fourth-order valence-electron chi connectivity index (χ4n) is 5.06. The van der Waals surface area contributed by atoms with Crippen LogP contribution in [0.25, 0.3) is 0 Å². The second-order valence-corrected chi connectivity index (χ2v) is 7.43. The van der Waals surface area contributed by atoms with E-state index in [2.05, 4.69) is 24.1 Å². The van der Waals surface area contributed by atoms with Gasteiger partial charge in [0.15, 0.2) is 0 Å². The molecule has 1 saturated heterocycles. The highest BCUT2D eigenvalue weighted by atomic mass is 16.5. The van der Waals surface area contributed by atoms with E-state index in [-0.39, 0.29) is 0 Å². The van der Waals surface area contributed by atoms with Crippen molar-refractivity contribution in [3.63, 3.8) is 0 Å². The van der Waals surface area contributed by atoms with Crippen LogP contribution in [-0.2, 0) is 4.74 Å². The molecule has 3 aliphatic rings. The first-order valence-electron chi connectivity index (χ1n) is 9.38. The van der Waals surface area contributed by atoms with Crippen molar-refractivity contribution in [3.8, 4) is 0 Å². The molecule has 3 atom stereocenters. The Morgan fingerprint density at radius 1 is 1.14 bits per heavy atom. The van der Waals surface area contributed by atoms with Gasteiger partial charge >= 0.3 is 0 Å². The normalized spacial score (nSPS) is 36.6. The lowest BCUT2D eigenvalue weighted by atomic mass is 9.55. The number of piperidine rings is 1. The standard InChI is InChI=1S/C18H34N2O/c1-3-20-12-8-9-15(14-20)19-16-13-17(21-4-2)18(16)10-6-5-7-11-18/h15-17,19H,3-14H2,1-2H3. The zero-order valence-electron chi connectivity index (χ0n) is 14.1. The molecule has 21 heavy (non-hydrogen) atoms. The number of likely N-dealkylation sites (N-methyl/N-ethyl adjacent to an activating group) is 1. The van der Waals surface area contributed by atoms with Gasteiger partial charge in [-0.15, -0.1) is 0 Å². The van der Waals surface area contributed by atoms with Crippen molar-refractivity contribution in [1.82, 2.24) is 10.2 Å². The topological polar surface area (TPSA) is 24.5 Å². The largest absolute Gasteiger partial charge is 0.378 e. The molecule has 3 nitrogen and oxygen atoms in total. The minimum atomic E-state index is 0.475. The minimum absolute atomic E-state index is 0.475. The summed E-state index contributed by atoms with van der Waals surface area (Å²) in [6.07, 6.45) is 11.5. The third kappa shape index (κ3) is 3.16. The molecule has 0 aromatic carbocycles. The molecule has 3 heteroatoms. The number of hydrogen-bond donors (Lipinski definition) is 1. The minimum Gasteiger partial charge on any atom is -0.378 e.